The zero-order valence-corrected chi connectivity index (χ0v) is 33.8. The first kappa shape index (κ1) is 37.3. The lowest BCUT2D eigenvalue weighted by atomic mass is 10.0. The summed E-state index contributed by atoms with van der Waals surface area (Å²) in [5, 5.41) is 0. The van der Waals surface area contributed by atoms with Gasteiger partial charge in [-0.15, -0.1) is 23.7 Å². The molecule has 7 aromatic rings. The zero-order valence-electron chi connectivity index (χ0n) is 33.8. The molecule has 0 saturated heterocycles. The quantitative estimate of drug-likeness (QED) is 0.175. The molecule has 5 heterocycles. The van der Waals surface area contributed by atoms with E-state index in [1.807, 2.05) is 27.7 Å². The maximum Gasteiger partial charge on any atom is 0.0737 e. The third-order valence-corrected chi connectivity index (χ3v) is 10.5. The summed E-state index contributed by atoms with van der Waals surface area (Å²) in [5.41, 5.74) is 18.9. The van der Waals surface area contributed by atoms with Crippen molar-refractivity contribution in [3.05, 3.63) is 166 Å². The molecule has 0 atom stereocenters. The summed E-state index contributed by atoms with van der Waals surface area (Å²) in [6.45, 7) is 7.42. The maximum atomic E-state index is 5.44. The zero-order chi connectivity index (χ0) is 41.0. The van der Waals surface area contributed by atoms with Crippen LogP contribution in [0.2, 0.25) is 0 Å². The number of hydrogen-bond donors (Lipinski definition) is 2. The van der Waals surface area contributed by atoms with Crippen LogP contribution in [0.15, 0.2) is 121 Å². The lowest BCUT2D eigenvalue weighted by Gasteiger charge is -2.07. The van der Waals surface area contributed by atoms with Crippen molar-refractivity contribution < 1.29 is 0 Å². The number of aromatic amines is 2. The summed E-state index contributed by atoms with van der Waals surface area (Å²) in [7, 11) is 0. The number of hydrogen-bond acceptors (Lipinski definition) is 2. The minimum absolute atomic E-state index is 0.845. The van der Waals surface area contributed by atoms with Crippen LogP contribution in [0.1, 0.15) is 72.7 Å². The third kappa shape index (κ3) is 7.23. The highest BCUT2D eigenvalue weighted by molar-refractivity contribution is 6.00. The van der Waals surface area contributed by atoms with Crippen molar-refractivity contribution in [3.63, 3.8) is 0 Å². The van der Waals surface area contributed by atoms with Crippen molar-refractivity contribution in [2.24, 2.45) is 0 Å². The van der Waals surface area contributed by atoms with E-state index in [0.717, 1.165) is 112 Å². The topological polar surface area (TPSA) is 57.4 Å². The first-order chi connectivity index (χ1) is 29.5. The molecule has 4 aromatic carbocycles. The van der Waals surface area contributed by atoms with E-state index in [9.17, 15) is 0 Å². The Kier molecular flexibility index (Phi) is 10.1. The number of rotatable bonds is 4. The van der Waals surface area contributed by atoms with E-state index in [2.05, 4.69) is 203 Å². The van der Waals surface area contributed by atoms with Crippen molar-refractivity contribution in [1.82, 2.24) is 19.9 Å². The molecule has 2 aliphatic heterocycles. The lowest BCUT2D eigenvalue weighted by molar-refractivity contribution is 1.31. The second-order valence-corrected chi connectivity index (χ2v) is 14.3. The van der Waals surface area contributed by atoms with Crippen LogP contribution < -0.4 is 0 Å². The molecule has 2 N–H and O–H groups in total. The molecule has 0 spiro atoms. The first-order valence-electron chi connectivity index (χ1n) is 19.8. The molecule has 60 heavy (non-hydrogen) atoms. The second-order valence-electron chi connectivity index (χ2n) is 14.3. The van der Waals surface area contributed by atoms with E-state index < -0.39 is 0 Å². The molecule has 2 aliphatic rings. The molecule has 0 saturated carbocycles. The molecule has 4 nitrogen and oxygen atoms in total. The number of nitrogens with zero attached hydrogens (tertiary/aromatic N) is 2. The van der Waals surface area contributed by atoms with Gasteiger partial charge in [-0.3, -0.25) is 0 Å². The predicted octanol–water partition coefficient (Wildman–Crippen LogP) is 12.8. The van der Waals surface area contributed by atoms with E-state index in [1.165, 1.54) is 0 Å². The highest BCUT2D eigenvalue weighted by Crippen LogP contribution is 2.38. The van der Waals surface area contributed by atoms with Gasteiger partial charge >= 0.3 is 0 Å². The molecule has 0 aliphatic carbocycles. The number of benzene rings is 4. The van der Waals surface area contributed by atoms with Crippen LogP contribution in [0.4, 0.5) is 0 Å². The third-order valence-electron chi connectivity index (χ3n) is 10.5. The minimum Gasteiger partial charge on any atom is -0.354 e. The molecule has 0 radical (unpaired) electrons. The fourth-order valence-electron chi connectivity index (χ4n) is 7.88. The molecular formula is C56H38N4. The maximum absolute atomic E-state index is 5.44. The van der Waals surface area contributed by atoms with E-state index in [-0.39, 0.29) is 0 Å². The van der Waals surface area contributed by atoms with Crippen LogP contribution in [-0.2, 0) is 0 Å². The fourth-order valence-corrected chi connectivity index (χ4v) is 7.88. The highest BCUT2D eigenvalue weighted by Gasteiger charge is 2.19. The summed E-state index contributed by atoms with van der Waals surface area (Å²) in [4.78, 5) is 18.6. The van der Waals surface area contributed by atoms with Gasteiger partial charge in [-0.25, -0.2) is 9.97 Å². The van der Waals surface area contributed by atoms with Gasteiger partial charge in [-0.05, 0) is 147 Å². The molecule has 0 amide bonds. The van der Waals surface area contributed by atoms with E-state index in [0.29, 0.717) is 0 Å². The van der Waals surface area contributed by atoms with Crippen molar-refractivity contribution in [1.29, 1.82) is 0 Å². The van der Waals surface area contributed by atoms with Crippen molar-refractivity contribution >= 4 is 46.4 Å². The summed E-state index contributed by atoms with van der Waals surface area (Å²) < 4.78 is 0. The number of nitrogens with one attached hydrogen (secondary N) is 2. The Morgan fingerprint density at radius 1 is 0.300 bits per heavy atom. The Morgan fingerprint density at radius 3 is 0.717 bits per heavy atom. The van der Waals surface area contributed by atoms with Crippen LogP contribution >= 0.6 is 0 Å². The van der Waals surface area contributed by atoms with Gasteiger partial charge in [0.15, 0.2) is 0 Å². The fraction of sp³-hybridized carbons (Fsp3) is 0.0714. The molecule has 9 rings (SSSR count). The van der Waals surface area contributed by atoms with E-state index >= 15 is 0 Å². The van der Waals surface area contributed by atoms with Gasteiger partial charge in [0.1, 0.15) is 0 Å². The lowest BCUT2D eigenvalue weighted by Crippen LogP contribution is -1.90. The molecule has 8 bridgehead atoms. The molecule has 0 unspecified atom stereocenters. The van der Waals surface area contributed by atoms with Crippen molar-refractivity contribution in [2.75, 3.05) is 0 Å². The van der Waals surface area contributed by atoms with Crippen LogP contribution in [-0.4, -0.2) is 19.9 Å². The molecule has 4 heteroatoms. The van der Waals surface area contributed by atoms with Gasteiger partial charge < -0.3 is 9.97 Å². The Bertz CT molecular complexity index is 2880. The Morgan fingerprint density at radius 2 is 0.517 bits per heavy atom. The molecular weight excluding hydrogens is 729 g/mol. The van der Waals surface area contributed by atoms with E-state index in [1.54, 1.807) is 0 Å². The largest absolute Gasteiger partial charge is 0.354 e. The van der Waals surface area contributed by atoms with Crippen LogP contribution in [0, 0.1) is 47.4 Å². The van der Waals surface area contributed by atoms with Crippen molar-refractivity contribution in [2.45, 2.75) is 27.7 Å². The summed E-state index contributed by atoms with van der Waals surface area (Å²) in [6, 6.07) is 42.1. The van der Waals surface area contributed by atoms with Crippen molar-refractivity contribution in [3.8, 4) is 91.9 Å². The van der Waals surface area contributed by atoms with Gasteiger partial charge in [0.05, 0.1) is 22.8 Å². The SMILES string of the molecule is CC#Cc1ccc(-c2c3nc(c(-c4ccc(C#CC)cc4)c4ccc([nH]4)c(-c4ccc(C#CC)cc4)c4nc(c(-c5ccc(C#CC)cc5)c5ccc2[nH]5)C=C4)C=C3)cc1. The van der Waals surface area contributed by atoms with E-state index in [4.69, 9.17) is 9.97 Å². The number of aromatic nitrogens is 4. The molecule has 0 fully saturated rings. The van der Waals surface area contributed by atoms with Crippen LogP contribution in [0.3, 0.4) is 0 Å². The van der Waals surface area contributed by atoms with Crippen LogP contribution in [0.5, 0.6) is 0 Å². The Hall–Kier alpha value is -8.28. The Labute approximate surface area is 350 Å². The molecule has 282 valence electrons. The standard InChI is InChI=1S/C56H38N4/c1-5-9-37-13-21-41(22-14-37)53-45-29-31-47(57-45)54(42-23-15-38(10-6-2)16-24-42)49-33-35-51(59-49)56(44-27-19-40(12-8-4)20-28-44)52-36-34-50(60-52)55(48-32-30-46(53)58-48)43-25-17-39(11-7-3)18-26-43/h13-36,57,60H,1-4H3. The number of fused-ring (bicyclic) bond motifs is 8. The monoisotopic (exact) mass is 766 g/mol. The highest BCUT2D eigenvalue weighted by atomic mass is 14.8. The van der Waals surface area contributed by atoms with Crippen LogP contribution in [0.25, 0.3) is 90.9 Å². The van der Waals surface area contributed by atoms with Gasteiger partial charge in [-0.1, -0.05) is 72.2 Å². The Balaban J connectivity index is 1.43. The average molecular weight is 767 g/mol. The smallest absolute Gasteiger partial charge is 0.0737 e. The van der Waals surface area contributed by atoms with Gasteiger partial charge in [-0.2, -0.15) is 0 Å². The summed E-state index contributed by atoms with van der Waals surface area (Å²) in [6.07, 6.45) is 8.46. The van der Waals surface area contributed by atoms with Gasteiger partial charge in [0, 0.05) is 66.6 Å². The second kappa shape index (κ2) is 16.3. The summed E-state index contributed by atoms with van der Waals surface area (Å²) in [5.74, 6) is 24.8. The van der Waals surface area contributed by atoms with Gasteiger partial charge in [0.25, 0.3) is 0 Å². The van der Waals surface area contributed by atoms with Gasteiger partial charge in [0.2, 0.25) is 0 Å². The number of H-pyrrole nitrogens is 2. The minimum atomic E-state index is 0.845. The normalized spacial score (nSPS) is 11.0. The average Bonchev–Trinajstić information content (AvgIpc) is 4.12. The first-order valence-corrected chi connectivity index (χ1v) is 19.8. The predicted molar refractivity (Wildman–Crippen MR) is 251 cm³/mol. The summed E-state index contributed by atoms with van der Waals surface area (Å²) >= 11 is 0. The molecule has 3 aromatic heterocycles.